The minimum atomic E-state index is 0.0205. The summed E-state index contributed by atoms with van der Waals surface area (Å²) in [5, 5.41) is 0. The van der Waals surface area contributed by atoms with Gasteiger partial charge in [-0.05, 0) is 59.9 Å². The molecule has 0 saturated heterocycles. The van der Waals surface area contributed by atoms with Crippen LogP contribution in [0, 0.1) is 11.8 Å². The second kappa shape index (κ2) is 13.4. The average Bonchev–Trinajstić information content (AvgIpc) is 2.79. The first-order valence-corrected chi connectivity index (χ1v) is 12.6. The summed E-state index contributed by atoms with van der Waals surface area (Å²) in [6, 6.07) is 17.0. The van der Waals surface area contributed by atoms with Gasteiger partial charge in [0.1, 0.15) is 5.75 Å². The average molecular weight is 454 g/mol. The number of amides is 1. The molecule has 0 fully saturated rings. The number of rotatable bonds is 9. The SMILES string of the molecule is CC.COc1ccc(CCN(C(=O)[C@@H](C)CC(C)C)[C@H](C)c2ccc(C(C)(C)C)cc2)cc1. The summed E-state index contributed by atoms with van der Waals surface area (Å²) in [6.45, 7) is 20.0. The first-order valence-electron chi connectivity index (χ1n) is 12.6. The molecule has 33 heavy (non-hydrogen) atoms. The molecular weight excluding hydrogens is 406 g/mol. The molecule has 0 unspecified atom stereocenters. The lowest BCUT2D eigenvalue weighted by Gasteiger charge is -2.33. The molecule has 0 aliphatic carbocycles. The summed E-state index contributed by atoms with van der Waals surface area (Å²) in [6.07, 6.45) is 1.74. The number of hydrogen-bond acceptors (Lipinski definition) is 2. The van der Waals surface area contributed by atoms with E-state index in [0.29, 0.717) is 12.5 Å². The molecule has 2 rings (SSSR count). The Kier molecular flexibility index (Phi) is 11.7. The van der Waals surface area contributed by atoms with Crippen LogP contribution in [0.25, 0.3) is 0 Å². The summed E-state index contributed by atoms with van der Waals surface area (Å²) < 4.78 is 5.27. The van der Waals surface area contributed by atoms with Crippen molar-refractivity contribution in [3.63, 3.8) is 0 Å². The van der Waals surface area contributed by atoms with Gasteiger partial charge in [0.2, 0.25) is 5.91 Å². The monoisotopic (exact) mass is 453 g/mol. The van der Waals surface area contributed by atoms with Gasteiger partial charge in [0.25, 0.3) is 0 Å². The summed E-state index contributed by atoms with van der Waals surface area (Å²) >= 11 is 0. The zero-order valence-electron chi connectivity index (χ0n) is 22.7. The summed E-state index contributed by atoms with van der Waals surface area (Å²) in [7, 11) is 1.68. The van der Waals surface area contributed by atoms with Crippen LogP contribution >= 0.6 is 0 Å². The molecule has 0 bridgehead atoms. The fourth-order valence-corrected chi connectivity index (χ4v) is 4.07. The third kappa shape index (κ3) is 8.87. The van der Waals surface area contributed by atoms with Crippen molar-refractivity contribution in [2.24, 2.45) is 11.8 Å². The van der Waals surface area contributed by atoms with Gasteiger partial charge in [-0.1, -0.05) is 91.8 Å². The number of carbonyl (C=O) groups is 1. The first kappa shape index (κ1) is 28.7. The molecule has 3 heteroatoms. The standard InChI is InChI=1S/C28H41NO2.C2H6/c1-20(2)19-21(3)27(30)29(18-17-23-9-15-26(31-8)16-10-23)22(4)24-11-13-25(14-12-24)28(5,6)7;1-2/h9-16,20-22H,17-19H2,1-8H3;1-2H3/t21-,22+;/m0./s1. The van der Waals surface area contributed by atoms with E-state index < -0.39 is 0 Å². The molecule has 0 heterocycles. The van der Waals surface area contributed by atoms with Crippen molar-refractivity contribution in [3.8, 4) is 5.75 Å². The fraction of sp³-hybridized carbons (Fsp3) is 0.567. The third-order valence-corrected chi connectivity index (χ3v) is 6.06. The van der Waals surface area contributed by atoms with Crippen molar-refractivity contribution in [1.82, 2.24) is 4.90 Å². The van der Waals surface area contributed by atoms with Crippen LogP contribution in [0.2, 0.25) is 0 Å². The topological polar surface area (TPSA) is 29.5 Å². The highest BCUT2D eigenvalue weighted by Gasteiger charge is 2.26. The lowest BCUT2D eigenvalue weighted by atomic mass is 9.86. The van der Waals surface area contributed by atoms with Crippen LogP contribution < -0.4 is 4.74 Å². The van der Waals surface area contributed by atoms with E-state index in [0.717, 1.165) is 18.6 Å². The van der Waals surface area contributed by atoms with Crippen molar-refractivity contribution in [1.29, 1.82) is 0 Å². The lowest BCUT2D eigenvalue weighted by Crippen LogP contribution is -2.39. The highest BCUT2D eigenvalue weighted by Crippen LogP contribution is 2.28. The van der Waals surface area contributed by atoms with E-state index in [1.54, 1.807) is 7.11 Å². The number of methoxy groups -OCH3 is 1. The van der Waals surface area contributed by atoms with Gasteiger partial charge in [-0.25, -0.2) is 0 Å². The van der Waals surface area contributed by atoms with Crippen LogP contribution in [0.3, 0.4) is 0 Å². The van der Waals surface area contributed by atoms with E-state index in [1.165, 1.54) is 16.7 Å². The van der Waals surface area contributed by atoms with Crippen LogP contribution in [-0.2, 0) is 16.6 Å². The van der Waals surface area contributed by atoms with Gasteiger partial charge < -0.3 is 9.64 Å². The van der Waals surface area contributed by atoms with Crippen LogP contribution in [0.4, 0.5) is 0 Å². The molecule has 0 aromatic heterocycles. The van der Waals surface area contributed by atoms with Gasteiger partial charge in [-0.2, -0.15) is 0 Å². The maximum absolute atomic E-state index is 13.4. The van der Waals surface area contributed by atoms with Gasteiger partial charge in [-0.3, -0.25) is 4.79 Å². The third-order valence-electron chi connectivity index (χ3n) is 6.06. The van der Waals surface area contributed by atoms with Crippen molar-refractivity contribution >= 4 is 5.91 Å². The largest absolute Gasteiger partial charge is 0.497 e. The number of hydrogen-bond donors (Lipinski definition) is 0. The van der Waals surface area contributed by atoms with Crippen molar-refractivity contribution in [2.45, 2.75) is 86.6 Å². The van der Waals surface area contributed by atoms with Gasteiger partial charge in [-0.15, -0.1) is 0 Å². The van der Waals surface area contributed by atoms with Crippen molar-refractivity contribution < 1.29 is 9.53 Å². The maximum atomic E-state index is 13.4. The first-order chi connectivity index (χ1) is 15.5. The Balaban J connectivity index is 0.00000265. The van der Waals surface area contributed by atoms with E-state index in [2.05, 4.69) is 89.8 Å². The molecule has 0 radical (unpaired) electrons. The van der Waals surface area contributed by atoms with E-state index in [1.807, 2.05) is 26.0 Å². The molecule has 0 saturated carbocycles. The summed E-state index contributed by atoms with van der Waals surface area (Å²) in [5.74, 6) is 1.63. The molecule has 0 spiro atoms. The quantitative estimate of drug-likeness (QED) is 0.387. The zero-order valence-corrected chi connectivity index (χ0v) is 22.7. The van der Waals surface area contributed by atoms with E-state index >= 15 is 0 Å². The van der Waals surface area contributed by atoms with Gasteiger partial charge >= 0.3 is 0 Å². The molecule has 0 aliphatic heterocycles. The van der Waals surface area contributed by atoms with Crippen molar-refractivity contribution in [2.75, 3.05) is 13.7 Å². The molecule has 2 aromatic rings. The smallest absolute Gasteiger partial charge is 0.225 e. The highest BCUT2D eigenvalue weighted by molar-refractivity contribution is 5.79. The maximum Gasteiger partial charge on any atom is 0.225 e. The van der Waals surface area contributed by atoms with Crippen LogP contribution in [0.15, 0.2) is 48.5 Å². The predicted octanol–water partition coefficient (Wildman–Crippen LogP) is 7.83. The van der Waals surface area contributed by atoms with E-state index in [-0.39, 0.29) is 23.3 Å². The molecule has 1 amide bonds. The molecule has 0 N–H and O–H groups in total. The van der Waals surface area contributed by atoms with Crippen LogP contribution in [0.1, 0.15) is 91.5 Å². The Labute approximate surface area is 203 Å². The Morgan fingerprint density at radius 3 is 1.91 bits per heavy atom. The number of nitrogens with zero attached hydrogens (tertiary/aromatic N) is 1. The normalized spacial score (nSPS) is 13.1. The zero-order chi connectivity index (χ0) is 25.2. The molecular formula is C30H47NO2. The van der Waals surface area contributed by atoms with E-state index in [4.69, 9.17) is 4.74 Å². The minimum Gasteiger partial charge on any atom is -0.497 e. The minimum absolute atomic E-state index is 0.0205. The second-order valence-corrected chi connectivity index (χ2v) is 10.2. The Hall–Kier alpha value is -2.29. The fourth-order valence-electron chi connectivity index (χ4n) is 4.07. The van der Waals surface area contributed by atoms with Gasteiger partial charge in [0.15, 0.2) is 0 Å². The molecule has 3 nitrogen and oxygen atoms in total. The lowest BCUT2D eigenvalue weighted by molar-refractivity contribution is -0.137. The Morgan fingerprint density at radius 1 is 0.909 bits per heavy atom. The van der Waals surface area contributed by atoms with Gasteiger partial charge in [0.05, 0.1) is 13.2 Å². The summed E-state index contributed by atoms with van der Waals surface area (Å²) in [5.41, 5.74) is 3.84. The molecule has 2 aromatic carbocycles. The molecule has 184 valence electrons. The number of ether oxygens (including phenoxy) is 1. The van der Waals surface area contributed by atoms with Crippen molar-refractivity contribution in [3.05, 3.63) is 65.2 Å². The van der Waals surface area contributed by atoms with Crippen LogP contribution in [0.5, 0.6) is 5.75 Å². The number of carbonyl (C=O) groups excluding carboxylic acids is 1. The molecule has 2 atom stereocenters. The van der Waals surface area contributed by atoms with E-state index in [9.17, 15) is 4.79 Å². The summed E-state index contributed by atoms with van der Waals surface area (Å²) in [4.78, 5) is 15.5. The second-order valence-electron chi connectivity index (χ2n) is 10.2. The number of benzene rings is 2. The Morgan fingerprint density at radius 2 is 1.45 bits per heavy atom. The van der Waals surface area contributed by atoms with Gasteiger partial charge in [0, 0.05) is 12.5 Å². The van der Waals surface area contributed by atoms with Crippen LogP contribution in [-0.4, -0.2) is 24.5 Å². The Bertz CT molecular complexity index is 816. The molecule has 0 aliphatic rings. The highest BCUT2D eigenvalue weighted by atomic mass is 16.5. The predicted molar refractivity (Wildman–Crippen MR) is 142 cm³/mol.